The van der Waals surface area contributed by atoms with Gasteiger partial charge in [0.15, 0.2) is 0 Å². The molecule has 4 rings (SSSR count). The van der Waals surface area contributed by atoms with E-state index >= 15 is 0 Å². The molecule has 1 aliphatic heterocycles. The standard InChI is InChI=1S/C25H26N2O5S/c28-23(27-12-13-33-16-17(27)14-24(29)30)10-5-11-26-25(31)32-15-22-20-8-3-1-6-18(20)19-7-2-4-9-21(19)22/h1-10,17,22H,11-16H2,(H,26,31)(H,29,30)/b10-5+. The number of rotatable bonds is 7. The van der Waals surface area contributed by atoms with Gasteiger partial charge in [-0.15, -0.1) is 0 Å². The molecule has 1 saturated heterocycles. The monoisotopic (exact) mass is 466 g/mol. The SMILES string of the molecule is O=C(O)CC1CSCCN1C(=O)/C=C/CNC(=O)OCC1c2ccccc2-c2ccccc21. The Bertz CT molecular complexity index is 1020. The molecule has 0 aromatic heterocycles. The lowest BCUT2D eigenvalue weighted by molar-refractivity contribution is -0.139. The van der Waals surface area contributed by atoms with Crippen LogP contribution in [0.5, 0.6) is 0 Å². The van der Waals surface area contributed by atoms with Gasteiger partial charge in [0.2, 0.25) is 5.91 Å². The number of benzene rings is 2. The van der Waals surface area contributed by atoms with Gasteiger partial charge in [-0.05, 0) is 22.3 Å². The average molecular weight is 467 g/mol. The molecule has 2 aliphatic rings. The molecule has 0 radical (unpaired) electrons. The van der Waals surface area contributed by atoms with Crippen molar-refractivity contribution in [1.29, 1.82) is 0 Å². The Balaban J connectivity index is 1.27. The third-order valence-electron chi connectivity index (χ3n) is 5.89. The van der Waals surface area contributed by atoms with E-state index in [1.54, 1.807) is 22.7 Å². The van der Waals surface area contributed by atoms with E-state index in [1.165, 1.54) is 17.2 Å². The molecular weight excluding hydrogens is 440 g/mol. The van der Waals surface area contributed by atoms with Crippen molar-refractivity contribution in [2.24, 2.45) is 0 Å². The smallest absolute Gasteiger partial charge is 0.407 e. The van der Waals surface area contributed by atoms with Gasteiger partial charge in [-0.25, -0.2) is 4.79 Å². The van der Waals surface area contributed by atoms with Crippen LogP contribution in [0.3, 0.4) is 0 Å². The fourth-order valence-corrected chi connectivity index (χ4v) is 5.43. The maximum atomic E-state index is 12.5. The Labute approximate surface area is 196 Å². The Morgan fingerprint density at radius 3 is 2.42 bits per heavy atom. The molecule has 1 fully saturated rings. The first kappa shape index (κ1) is 22.9. The summed E-state index contributed by atoms with van der Waals surface area (Å²) in [6.45, 7) is 0.894. The Hall–Kier alpha value is -3.26. The fraction of sp³-hybridized carbons (Fsp3) is 0.320. The van der Waals surface area contributed by atoms with Crippen LogP contribution in [-0.4, -0.2) is 65.2 Å². The van der Waals surface area contributed by atoms with E-state index < -0.39 is 12.1 Å². The van der Waals surface area contributed by atoms with E-state index in [-0.39, 0.29) is 37.4 Å². The molecule has 7 nitrogen and oxygen atoms in total. The number of hydrogen-bond acceptors (Lipinski definition) is 5. The molecule has 1 atom stereocenters. The first-order chi connectivity index (χ1) is 16.0. The van der Waals surface area contributed by atoms with Crippen molar-refractivity contribution < 1.29 is 24.2 Å². The van der Waals surface area contributed by atoms with Crippen molar-refractivity contribution in [1.82, 2.24) is 10.2 Å². The third kappa shape index (κ3) is 5.39. The highest BCUT2D eigenvalue weighted by Gasteiger charge is 2.29. The van der Waals surface area contributed by atoms with E-state index in [0.717, 1.165) is 16.9 Å². The average Bonchev–Trinajstić information content (AvgIpc) is 3.14. The summed E-state index contributed by atoms with van der Waals surface area (Å²) in [7, 11) is 0. The largest absolute Gasteiger partial charge is 0.481 e. The first-order valence-electron chi connectivity index (χ1n) is 10.9. The number of nitrogens with zero attached hydrogens (tertiary/aromatic N) is 1. The zero-order chi connectivity index (χ0) is 23.2. The van der Waals surface area contributed by atoms with Gasteiger partial charge >= 0.3 is 12.1 Å². The van der Waals surface area contributed by atoms with Crippen LogP contribution < -0.4 is 5.32 Å². The summed E-state index contributed by atoms with van der Waals surface area (Å²) in [5.74, 6) is 0.234. The van der Waals surface area contributed by atoms with Crippen LogP contribution in [0.4, 0.5) is 4.79 Å². The van der Waals surface area contributed by atoms with Crippen LogP contribution in [0.1, 0.15) is 23.5 Å². The number of hydrogen-bond donors (Lipinski definition) is 2. The van der Waals surface area contributed by atoms with Crippen molar-refractivity contribution in [3.8, 4) is 11.1 Å². The quantitative estimate of drug-likeness (QED) is 0.607. The molecule has 1 unspecified atom stereocenters. The zero-order valence-electron chi connectivity index (χ0n) is 18.1. The number of thioether (sulfide) groups is 1. The summed E-state index contributed by atoms with van der Waals surface area (Å²) in [5, 5.41) is 11.7. The van der Waals surface area contributed by atoms with Gasteiger partial charge in [0, 0.05) is 36.6 Å². The van der Waals surface area contributed by atoms with Gasteiger partial charge in [-0.1, -0.05) is 54.6 Å². The molecule has 2 aromatic carbocycles. The highest BCUT2D eigenvalue weighted by molar-refractivity contribution is 7.99. The Morgan fingerprint density at radius 1 is 1.09 bits per heavy atom. The number of alkyl carbamates (subject to hydrolysis) is 1. The van der Waals surface area contributed by atoms with Crippen molar-refractivity contribution in [3.63, 3.8) is 0 Å². The molecular formula is C25H26N2O5S. The molecule has 2 N–H and O–H groups in total. The van der Waals surface area contributed by atoms with Gasteiger partial charge in [0.05, 0.1) is 12.5 Å². The van der Waals surface area contributed by atoms with Gasteiger partial charge in [0.1, 0.15) is 6.61 Å². The third-order valence-corrected chi connectivity index (χ3v) is 6.98. The molecule has 0 bridgehead atoms. The number of carboxylic acids is 1. The predicted molar refractivity (Wildman–Crippen MR) is 127 cm³/mol. The van der Waals surface area contributed by atoms with Crippen LogP contribution >= 0.6 is 11.8 Å². The Kier molecular flexibility index (Phi) is 7.34. The van der Waals surface area contributed by atoms with Crippen molar-refractivity contribution in [3.05, 3.63) is 71.8 Å². The summed E-state index contributed by atoms with van der Waals surface area (Å²) >= 11 is 1.65. The molecule has 33 heavy (non-hydrogen) atoms. The Morgan fingerprint density at radius 2 is 1.76 bits per heavy atom. The van der Waals surface area contributed by atoms with Gasteiger partial charge < -0.3 is 20.1 Å². The van der Waals surface area contributed by atoms with Crippen molar-refractivity contribution in [2.75, 3.05) is 31.2 Å². The second-order valence-electron chi connectivity index (χ2n) is 7.97. The van der Waals surface area contributed by atoms with Crippen molar-refractivity contribution >= 4 is 29.7 Å². The predicted octanol–water partition coefficient (Wildman–Crippen LogP) is 3.50. The topological polar surface area (TPSA) is 95.9 Å². The minimum Gasteiger partial charge on any atom is -0.481 e. The molecule has 2 aromatic rings. The number of carbonyl (C=O) groups is 3. The number of ether oxygens (including phenoxy) is 1. The number of fused-ring (bicyclic) bond motifs is 3. The van der Waals surface area contributed by atoms with Crippen LogP contribution in [-0.2, 0) is 14.3 Å². The highest BCUT2D eigenvalue weighted by atomic mass is 32.2. The van der Waals surface area contributed by atoms with Gasteiger partial charge in [-0.3, -0.25) is 9.59 Å². The molecule has 0 spiro atoms. The summed E-state index contributed by atoms with van der Waals surface area (Å²) in [4.78, 5) is 37.3. The molecule has 1 heterocycles. The van der Waals surface area contributed by atoms with Crippen molar-refractivity contribution in [2.45, 2.75) is 18.4 Å². The number of amides is 2. The van der Waals surface area contributed by atoms with Crippen LogP contribution in [0.25, 0.3) is 11.1 Å². The summed E-state index contributed by atoms with van der Waals surface area (Å²) in [6, 6.07) is 16.0. The van der Waals surface area contributed by atoms with E-state index in [0.29, 0.717) is 12.3 Å². The van der Waals surface area contributed by atoms with Crippen LogP contribution in [0.2, 0.25) is 0 Å². The first-order valence-corrected chi connectivity index (χ1v) is 12.1. The minimum atomic E-state index is -0.916. The van der Waals surface area contributed by atoms with Gasteiger partial charge in [-0.2, -0.15) is 11.8 Å². The lowest BCUT2D eigenvalue weighted by Crippen LogP contribution is -2.46. The normalized spacial score (nSPS) is 17.5. The lowest BCUT2D eigenvalue weighted by atomic mass is 9.98. The molecule has 172 valence electrons. The number of nitrogens with one attached hydrogen (secondary N) is 1. The van der Waals surface area contributed by atoms with E-state index in [4.69, 9.17) is 9.84 Å². The lowest BCUT2D eigenvalue weighted by Gasteiger charge is -2.33. The molecule has 2 amide bonds. The minimum absolute atomic E-state index is 0.0107. The second kappa shape index (κ2) is 10.6. The van der Waals surface area contributed by atoms with Crippen LogP contribution in [0.15, 0.2) is 60.7 Å². The molecule has 8 heteroatoms. The van der Waals surface area contributed by atoms with Crippen LogP contribution in [0, 0.1) is 0 Å². The highest BCUT2D eigenvalue weighted by Crippen LogP contribution is 2.44. The zero-order valence-corrected chi connectivity index (χ0v) is 18.9. The molecule has 0 saturated carbocycles. The number of carboxylic acid groups (broad SMARTS) is 1. The maximum absolute atomic E-state index is 12.5. The maximum Gasteiger partial charge on any atom is 0.407 e. The second-order valence-corrected chi connectivity index (χ2v) is 9.12. The summed E-state index contributed by atoms with van der Waals surface area (Å²) < 4.78 is 5.48. The number of carbonyl (C=O) groups excluding carboxylic acids is 2. The van der Waals surface area contributed by atoms with Gasteiger partial charge in [0.25, 0.3) is 0 Å². The fourth-order valence-electron chi connectivity index (χ4n) is 4.36. The van der Waals surface area contributed by atoms with E-state index in [9.17, 15) is 14.4 Å². The molecule has 1 aliphatic carbocycles. The van der Waals surface area contributed by atoms with E-state index in [1.807, 2.05) is 24.3 Å². The van der Waals surface area contributed by atoms with E-state index in [2.05, 4.69) is 29.6 Å². The number of aliphatic carboxylic acids is 1. The summed E-state index contributed by atoms with van der Waals surface area (Å²) in [5.41, 5.74) is 4.63. The summed E-state index contributed by atoms with van der Waals surface area (Å²) in [6.07, 6.45) is 2.33.